The molecule has 4 nitrogen and oxygen atoms in total. The van der Waals surface area contributed by atoms with Gasteiger partial charge in [0.1, 0.15) is 6.61 Å². The summed E-state index contributed by atoms with van der Waals surface area (Å²) >= 11 is 0. The molecule has 0 aliphatic rings. The molecule has 0 fully saturated rings. The zero-order valence-electron chi connectivity index (χ0n) is 12.6. The van der Waals surface area contributed by atoms with Gasteiger partial charge < -0.3 is 14.9 Å². The van der Waals surface area contributed by atoms with E-state index in [0.29, 0.717) is 12.1 Å². The van der Waals surface area contributed by atoms with Crippen LogP contribution in [0.4, 0.5) is 0 Å². The molecular weight excluding hydrogens is 252 g/mol. The summed E-state index contributed by atoms with van der Waals surface area (Å²) in [6.07, 6.45) is 0. The van der Waals surface area contributed by atoms with Gasteiger partial charge in [0, 0.05) is 31.3 Å². The van der Waals surface area contributed by atoms with Crippen LogP contribution < -0.4 is 0 Å². The molecule has 108 valence electrons. The van der Waals surface area contributed by atoms with Crippen LogP contribution >= 0.6 is 0 Å². The number of aliphatic hydroxyl groups excluding tert-OH is 1. The molecule has 0 atom stereocenters. The van der Waals surface area contributed by atoms with E-state index in [1.165, 1.54) is 0 Å². The highest BCUT2D eigenvalue weighted by Crippen LogP contribution is 2.12. The largest absolute Gasteiger partial charge is 0.384 e. The number of hydrogen-bond donors (Lipinski definition) is 1. The van der Waals surface area contributed by atoms with E-state index in [1.807, 2.05) is 38.1 Å². The molecule has 0 aliphatic heterocycles. The molecule has 0 bridgehead atoms. The van der Waals surface area contributed by atoms with Gasteiger partial charge >= 0.3 is 0 Å². The lowest BCUT2D eigenvalue weighted by Gasteiger charge is -2.20. The summed E-state index contributed by atoms with van der Waals surface area (Å²) in [5, 5.41) is 8.70. The maximum absolute atomic E-state index is 12.3. The van der Waals surface area contributed by atoms with Crippen molar-refractivity contribution in [2.75, 3.05) is 40.8 Å². The molecule has 1 amide bonds. The summed E-state index contributed by atoms with van der Waals surface area (Å²) in [5.41, 5.74) is 2.45. The van der Waals surface area contributed by atoms with Crippen LogP contribution in [-0.4, -0.2) is 61.7 Å². The molecule has 1 aromatic rings. The van der Waals surface area contributed by atoms with Crippen LogP contribution in [0.3, 0.4) is 0 Å². The topological polar surface area (TPSA) is 43.8 Å². The van der Waals surface area contributed by atoms with Crippen molar-refractivity contribution >= 4 is 5.91 Å². The third kappa shape index (κ3) is 4.69. The zero-order chi connectivity index (χ0) is 15.1. The first-order valence-electron chi connectivity index (χ1n) is 6.56. The number of aliphatic hydroxyl groups is 1. The van der Waals surface area contributed by atoms with Crippen molar-refractivity contribution in [3.63, 3.8) is 0 Å². The Morgan fingerprint density at radius 2 is 1.95 bits per heavy atom. The molecule has 1 rings (SSSR count). The van der Waals surface area contributed by atoms with Gasteiger partial charge in [-0.2, -0.15) is 0 Å². The first-order chi connectivity index (χ1) is 9.45. The van der Waals surface area contributed by atoms with Gasteiger partial charge in [-0.15, -0.1) is 0 Å². The number of carbonyl (C=O) groups excluding carboxylic acids is 1. The van der Waals surface area contributed by atoms with Crippen molar-refractivity contribution in [2.24, 2.45) is 0 Å². The van der Waals surface area contributed by atoms with Crippen molar-refractivity contribution < 1.29 is 9.90 Å². The van der Waals surface area contributed by atoms with E-state index in [-0.39, 0.29) is 12.5 Å². The number of hydrogen-bond acceptors (Lipinski definition) is 3. The third-order valence-corrected chi connectivity index (χ3v) is 3.00. The number of rotatable bonds is 4. The van der Waals surface area contributed by atoms with E-state index in [9.17, 15) is 4.79 Å². The van der Waals surface area contributed by atoms with E-state index in [4.69, 9.17) is 5.11 Å². The lowest BCUT2D eigenvalue weighted by Crippen LogP contribution is -2.33. The second-order valence-corrected chi connectivity index (χ2v) is 5.02. The van der Waals surface area contributed by atoms with Gasteiger partial charge in [-0.1, -0.05) is 11.8 Å². The second-order valence-electron chi connectivity index (χ2n) is 5.02. The van der Waals surface area contributed by atoms with Crippen LogP contribution in [0.25, 0.3) is 0 Å². The Balaban J connectivity index is 2.81. The Hall–Kier alpha value is -1.83. The molecule has 0 heterocycles. The number of benzene rings is 1. The van der Waals surface area contributed by atoms with E-state index < -0.39 is 0 Å². The Morgan fingerprint density at radius 3 is 2.50 bits per heavy atom. The first-order valence-corrected chi connectivity index (χ1v) is 6.56. The Bertz CT molecular complexity index is 527. The van der Waals surface area contributed by atoms with Gasteiger partial charge in [-0.25, -0.2) is 0 Å². The molecule has 1 aromatic carbocycles. The third-order valence-electron chi connectivity index (χ3n) is 3.00. The molecule has 1 N–H and O–H groups in total. The van der Waals surface area contributed by atoms with Gasteiger partial charge in [-0.3, -0.25) is 4.79 Å². The average molecular weight is 274 g/mol. The highest BCUT2D eigenvalue weighted by atomic mass is 16.2. The van der Waals surface area contributed by atoms with Gasteiger partial charge in [0.25, 0.3) is 5.91 Å². The monoisotopic (exact) mass is 274 g/mol. The number of nitrogens with zero attached hydrogens (tertiary/aromatic N) is 2. The fourth-order valence-electron chi connectivity index (χ4n) is 1.74. The minimum absolute atomic E-state index is 0.0108. The van der Waals surface area contributed by atoms with E-state index in [2.05, 4.69) is 11.8 Å². The van der Waals surface area contributed by atoms with Gasteiger partial charge in [0.05, 0.1) is 0 Å². The van der Waals surface area contributed by atoms with Crippen LogP contribution in [0.2, 0.25) is 0 Å². The molecule has 0 radical (unpaired) electrons. The fraction of sp³-hybridized carbons (Fsp3) is 0.438. The smallest absolute Gasteiger partial charge is 0.253 e. The molecule has 0 unspecified atom stereocenters. The highest BCUT2D eigenvalue weighted by Gasteiger charge is 2.12. The quantitative estimate of drug-likeness (QED) is 0.832. The maximum Gasteiger partial charge on any atom is 0.253 e. The lowest BCUT2D eigenvalue weighted by molar-refractivity contribution is 0.0786. The molecule has 0 spiro atoms. The summed E-state index contributed by atoms with van der Waals surface area (Å²) in [4.78, 5) is 16.0. The predicted molar refractivity (Wildman–Crippen MR) is 80.7 cm³/mol. The lowest BCUT2D eigenvalue weighted by atomic mass is 10.0. The second kappa shape index (κ2) is 7.68. The van der Waals surface area contributed by atoms with Crippen molar-refractivity contribution in [1.29, 1.82) is 0 Å². The molecule has 0 aromatic heterocycles. The van der Waals surface area contributed by atoms with E-state index in [0.717, 1.165) is 17.7 Å². The summed E-state index contributed by atoms with van der Waals surface area (Å²) in [7, 11) is 5.77. The Morgan fingerprint density at radius 1 is 1.25 bits per heavy atom. The van der Waals surface area contributed by atoms with Crippen LogP contribution in [0.1, 0.15) is 21.5 Å². The van der Waals surface area contributed by atoms with Crippen molar-refractivity contribution in [3.05, 3.63) is 34.9 Å². The number of amides is 1. The fourth-order valence-corrected chi connectivity index (χ4v) is 1.74. The molecular formula is C16H22N2O2. The number of likely N-dealkylation sites (N-methyl/N-ethyl adjacent to an activating group) is 2. The van der Waals surface area contributed by atoms with Crippen molar-refractivity contribution in [3.8, 4) is 11.8 Å². The summed E-state index contributed by atoms with van der Waals surface area (Å²) in [6.45, 7) is 3.28. The molecule has 20 heavy (non-hydrogen) atoms. The minimum atomic E-state index is -0.159. The van der Waals surface area contributed by atoms with Crippen molar-refractivity contribution in [2.45, 2.75) is 6.92 Å². The van der Waals surface area contributed by atoms with E-state index >= 15 is 0 Å². The SMILES string of the molecule is Cc1cc(C(=O)N(C)CCN(C)C)ccc1C#CCO. The molecule has 0 saturated heterocycles. The Labute approximate surface area is 121 Å². The molecule has 0 saturated carbocycles. The van der Waals surface area contributed by atoms with Gasteiger partial charge in [-0.05, 0) is 44.8 Å². The highest BCUT2D eigenvalue weighted by molar-refractivity contribution is 5.94. The molecule has 0 aliphatic carbocycles. The maximum atomic E-state index is 12.3. The van der Waals surface area contributed by atoms with Crippen LogP contribution in [0.5, 0.6) is 0 Å². The molecule has 4 heteroatoms. The number of aryl methyl sites for hydroxylation is 1. The average Bonchev–Trinajstić information content (AvgIpc) is 2.42. The standard InChI is InChI=1S/C16H22N2O2/c1-13-12-15(8-7-14(13)6-5-11-19)16(20)18(4)10-9-17(2)3/h7-8,12,19H,9-11H2,1-4H3. The van der Waals surface area contributed by atoms with Crippen LogP contribution in [-0.2, 0) is 0 Å². The van der Waals surface area contributed by atoms with Gasteiger partial charge in [0.15, 0.2) is 0 Å². The summed E-state index contributed by atoms with van der Waals surface area (Å²) in [5.74, 6) is 5.49. The summed E-state index contributed by atoms with van der Waals surface area (Å²) < 4.78 is 0. The normalized spacial score (nSPS) is 10.1. The van der Waals surface area contributed by atoms with Crippen LogP contribution in [0.15, 0.2) is 18.2 Å². The van der Waals surface area contributed by atoms with Gasteiger partial charge in [0.2, 0.25) is 0 Å². The predicted octanol–water partition coefficient (Wildman–Crippen LogP) is 0.972. The van der Waals surface area contributed by atoms with Crippen LogP contribution in [0, 0.1) is 18.8 Å². The first kappa shape index (κ1) is 16.2. The van der Waals surface area contributed by atoms with E-state index in [1.54, 1.807) is 18.0 Å². The van der Waals surface area contributed by atoms with Crippen molar-refractivity contribution in [1.82, 2.24) is 9.80 Å². The minimum Gasteiger partial charge on any atom is -0.384 e. The number of carbonyl (C=O) groups is 1. The summed E-state index contributed by atoms with van der Waals surface area (Å²) in [6, 6.07) is 5.45. The Kier molecular flexibility index (Phi) is 6.23. The zero-order valence-corrected chi connectivity index (χ0v) is 12.6.